The molecular formula is C16H21N3O. The summed E-state index contributed by atoms with van der Waals surface area (Å²) < 4.78 is 0. The highest BCUT2D eigenvalue weighted by Crippen LogP contribution is 2.19. The number of hydrogen-bond donors (Lipinski definition) is 1. The Bertz CT molecular complexity index is 489. The van der Waals surface area contributed by atoms with Gasteiger partial charge < -0.3 is 5.32 Å². The molecule has 1 aromatic rings. The fraction of sp³-hybridized carbons (Fsp3) is 0.500. The minimum Gasteiger partial charge on any atom is -0.325 e. The summed E-state index contributed by atoms with van der Waals surface area (Å²) in [6, 6.07) is 9.57. The van der Waals surface area contributed by atoms with Crippen molar-refractivity contribution in [2.24, 2.45) is 0 Å². The second-order valence-corrected chi connectivity index (χ2v) is 5.27. The van der Waals surface area contributed by atoms with Crippen molar-refractivity contribution in [3.05, 3.63) is 29.8 Å². The van der Waals surface area contributed by atoms with E-state index in [1.165, 1.54) is 19.3 Å². The van der Waals surface area contributed by atoms with Crippen LogP contribution in [0, 0.1) is 11.3 Å². The van der Waals surface area contributed by atoms with Gasteiger partial charge in [0.05, 0.1) is 18.2 Å². The number of nitrogens with zero attached hydrogens (tertiary/aromatic N) is 2. The summed E-state index contributed by atoms with van der Waals surface area (Å²) in [5, 5.41) is 11.6. The molecule has 1 heterocycles. The number of anilines is 1. The number of hydrogen-bond acceptors (Lipinski definition) is 3. The van der Waals surface area contributed by atoms with E-state index >= 15 is 0 Å². The molecule has 0 aromatic heterocycles. The lowest BCUT2D eigenvalue weighted by molar-refractivity contribution is -0.118. The van der Waals surface area contributed by atoms with E-state index in [1.807, 2.05) is 0 Å². The van der Waals surface area contributed by atoms with Crippen molar-refractivity contribution in [2.45, 2.75) is 38.6 Å². The standard InChI is InChI=1S/C16H21N3O/c1-2-15-5-3-4-10-19(15)12-16(20)18-14-8-6-13(11-17)7-9-14/h6-9,15H,2-5,10,12H2,1H3,(H,18,20)/t15-/m1/s1. The average Bonchev–Trinajstić information content (AvgIpc) is 2.48. The zero-order valence-corrected chi connectivity index (χ0v) is 11.9. The minimum atomic E-state index is 0.0232. The van der Waals surface area contributed by atoms with Gasteiger partial charge in [-0.1, -0.05) is 13.3 Å². The molecular weight excluding hydrogens is 250 g/mol. The first kappa shape index (κ1) is 14.5. The SMILES string of the molecule is CC[C@@H]1CCCCN1CC(=O)Nc1ccc(C#N)cc1. The van der Waals surface area contributed by atoms with Gasteiger partial charge in [0.2, 0.25) is 5.91 Å². The molecule has 0 saturated carbocycles. The molecule has 1 aliphatic heterocycles. The topological polar surface area (TPSA) is 56.1 Å². The largest absolute Gasteiger partial charge is 0.325 e. The Morgan fingerprint density at radius 1 is 1.40 bits per heavy atom. The number of nitriles is 1. The van der Waals surface area contributed by atoms with Gasteiger partial charge in [0, 0.05) is 11.7 Å². The molecule has 4 heteroatoms. The van der Waals surface area contributed by atoms with Crippen molar-refractivity contribution in [3.63, 3.8) is 0 Å². The highest BCUT2D eigenvalue weighted by atomic mass is 16.2. The second kappa shape index (κ2) is 7.06. The number of carbonyl (C=O) groups excluding carboxylic acids is 1. The van der Waals surface area contributed by atoms with Crippen LogP contribution >= 0.6 is 0 Å². The predicted octanol–water partition coefficient (Wildman–Crippen LogP) is 2.76. The summed E-state index contributed by atoms with van der Waals surface area (Å²) in [6.07, 6.45) is 4.75. The molecule has 1 fully saturated rings. The highest BCUT2D eigenvalue weighted by Gasteiger charge is 2.22. The number of amides is 1. The number of nitrogens with one attached hydrogen (secondary N) is 1. The molecule has 1 aliphatic rings. The zero-order valence-electron chi connectivity index (χ0n) is 11.9. The molecule has 0 spiro atoms. The maximum Gasteiger partial charge on any atom is 0.238 e. The van der Waals surface area contributed by atoms with E-state index in [0.29, 0.717) is 18.2 Å². The molecule has 20 heavy (non-hydrogen) atoms. The van der Waals surface area contributed by atoms with Crippen LogP contribution in [0.3, 0.4) is 0 Å². The lowest BCUT2D eigenvalue weighted by Gasteiger charge is -2.34. The van der Waals surface area contributed by atoms with Gasteiger partial charge in [-0.3, -0.25) is 9.69 Å². The quantitative estimate of drug-likeness (QED) is 0.916. The van der Waals surface area contributed by atoms with Crippen LogP contribution in [0.4, 0.5) is 5.69 Å². The molecule has 0 unspecified atom stereocenters. The third-order valence-electron chi connectivity index (χ3n) is 3.86. The van der Waals surface area contributed by atoms with Gasteiger partial charge in [-0.05, 0) is 50.1 Å². The molecule has 1 N–H and O–H groups in total. The molecule has 106 valence electrons. The number of rotatable bonds is 4. The van der Waals surface area contributed by atoms with Crippen LogP contribution in [0.15, 0.2) is 24.3 Å². The molecule has 2 rings (SSSR count). The summed E-state index contributed by atoms with van der Waals surface area (Å²) in [4.78, 5) is 14.4. The van der Waals surface area contributed by atoms with E-state index in [4.69, 9.17) is 5.26 Å². The van der Waals surface area contributed by atoms with Gasteiger partial charge in [-0.15, -0.1) is 0 Å². The minimum absolute atomic E-state index is 0.0232. The van der Waals surface area contributed by atoms with E-state index in [2.05, 4.69) is 23.2 Å². The lowest BCUT2D eigenvalue weighted by atomic mass is 10.00. The van der Waals surface area contributed by atoms with Crippen molar-refractivity contribution in [1.29, 1.82) is 5.26 Å². The average molecular weight is 271 g/mol. The van der Waals surface area contributed by atoms with Crippen LogP contribution in [0.5, 0.6) is 0 Å². The Morgan fingerprint density at radius 3 is 2.80 bits per heavy atom. The number of likely N-dealkylation sites (tertiary alicyclic amines) is 1. The summed E-state index contributed by atoms with van der Waals surface area (Å²) in [5.41, 5.74) is 1.35. The summed E-state index contributed by atoms with van der Waals surface area (Å²) in [6.45, 7) is 3.65. The van der Waals surface area contributed by atoms with Crippen LogP contribution in [0.1, 0.15) is 38.2 Å². The number of piperidine rings is 1. The van der Waals surface area contributed by atoms with Crippen LogP contribution in [0.2, 0.25) is 0 Å². The van der Waals surface area contributed by atoms with Gasteiger partial charge in [0.25, 0.3) is 0 Å². The van der Waals surface area contributed by atoms with E-state index in [-0.39, 0.29) is 5.91 Å². The fourth-order valence-corrected chi connectivity index (χ4v) is 2.74. The van der Waals surface area contributed by atoms with E-state index in [1.54, 1.807) is 24.3 Å². The van der Waals surface area contributed by atoms with Gasteiger partial charge in [-0.2, -0.15) is 5.26 Å². The van der Waals surface area contributed by atoms with Crippen LogP contribution in [-0.4, -0.2) is 29.9 Å². The summed E-state index contributed by atoms with van der Waals surface area (Å²) in [5.74, 6) is 0.0232. The zero-order chi connectivity index (χ0) is 14.4. The van der Waals surface area contributed by atoms with Crippen molar-refractivity contribution < 1.29 is 4.79 Å². The molecule has 1 amide bonds. The first-order valence-corrected chi connectivity index (χ1v) is 7.27. The summed E-state index contributed by atoms with van der Waals surface area (Å²) >= 11 is 0. The van der Waals surface area contributed by atoms with Crippen molar-refractivity contribution in [2.75, 3.05) is 18.4 Å². The Morgan fingerprint density at radius 2 is 2.15 bits per heavy atom. The Kier molecular flexibility index (Phi) is 5.14. The van der Waals surface area contributed by atoms with Crippen LogP contribution < -0.4 is 5.32 Å². The predicted molar refractivity (Wildman–Crippen MR) is 79.3 cm³/mol. The maximum absolute atomic E-state index is 12.1. The third kappa shape index (κ3) is 3.82. The van der Waals surface area contributed by atoms with Crippen molar-refractivity contribution >= 4 is 11.6 Å². The smallest absolute Gasteiger partial charge is 0.238 e. The molecule has 1 saturated heterocycles. The number of benzene rings is 1. The van der Waals surface area contributed by atoms with Crippen molar-refractivity contribution in [3.8, 4) is 6.07 Å². The Balaban J connectivity index is 1.89. The van der Waals surface area contributed by atoms with Gasteiger partial charge in [0.1, 0.15) is 0 Å². The monoisotopic (exact) mass is 271 g/mol. The van der Waals surface area contributed by atoms with Crippen LogP contribution in [-0.2, 0) is 4.79 Å². The molecule has 0 aliphatic carbocycles. The Hall–Kier alpha value is -1.86. The van der Waals surface area contributed by atoms with Crippen LogP contribution in [0.25, 0.3) is 0 Å². The molecule has 1 aromatic carbocycles. The Labute approximate surface area is 120 Å². The van der Waals surface area contributed by atoms with E-state index in [0.717, 1.165) is 18.7 Å². The first-order valence-electron chi connectivity index (χ1n) is 7.27. The summed E-state index contributed by atoms with van der Waals surface area (Å²) in [7, 11) is 0. The molecule has 1 atom stereocenters. The van der Waals surface area contributed by atoms with Crippen molar-refractivity contribution in [1.82, 2.24) is 4.90 Å². The van der Waals surface area contributed by atoms with Gasteiger partial charge in [0.15, 0.2) is 0 Å². The van der Waals surface area contributed by atoms with E-state index < -0.39 is 0 Å². The molecule has 0 radical (unpaired) electrons. The highest BCUT2D eigenvalue weighted by molar-refractivity contribution is 5.92. The van der Waals surface area contributed by atoms with Gasteiger partial charge >= 0.3 is 0 Å². The normalized spacial score (nSPS) is 19.3. The third-order valence-corrected chi connectivity index (χ3v) is 3.86. The van der Waals surface area contributed by atoms with E-state index in [9.17, 15) is 4.79 Å². The molecule has 4 nitrogen and oxygen atoms in total. The lowest BCUT2D eigenvalue weighted by Crippen LogP contribution is -2.43. The molecule has 0 bridgehead atoms. The first-order chi connectivity index (χ1) is 9.72. The maximum atomic E-state index is 12.1. The van der Waals surface area contributed by atoms with Gasteiger partial charge in [-0.25, -0.2) is 0 Å². The second-order valence-electron chi connectivity index (χ2n) is 5.27. The fourth-order valence-electron chi connectivity index (χ4n) is 2.74. The number of carbonyl (C=O) groups is 1.